The number of hydrogen-bond donors (Lipinski definition) is 3. The molecule has 0 spiro atoms. The minimum Gasteiger partial charge on any atom is -0.480 e. The molecular weight excluding hydrogens is 250 g/mol. The van der Waals surface area contributed by atoms with Gasteiger partial charge < -0.3 is 16.6 Å². The van der Waals surface area contributed by atoms with Crippen LogP contribution in [-0.2, 0) is 4.79 Å². The van der Waals surface area contributed by atoms with E-state index >= 15 is 0 Å². The average Bonchev–Trinajstić information content (AvgIpc) is 2.11. The highest BCUT2D eigenvalue weighted by Crippen LogP contribution is 2.16. The van der Waals surface area contributed by atoms with Crippen molar-refractivity contribution in [3.05, 3.63) is 0 Å². The first-order valence-electron chi connectivity index (χ1n) is 4.66. The predicted molar refractivity (Wildman–Crippen MR) is 71.6 cm³/mol. The van der Waals surface area contributed by atoms with Gasteiger partial charge in [-0.1, -0.05) is 6.92 Å². The second kappa shape index (κ2) is 7.76. The van der Waals surface area contributed by atoms with Gasteiger partial charge in [-0.3, -0.25) is 9.79 Å². The Morgan fingerprint density at radius 1 is 1.62 bits per heavy atom. The summed E-state index contributed by atoms with van der Waals surface area (Å²) in [6.45, 7) is 5.78. The van der Waals surface area contributed by atoms with Crippen LogP contribution in [0.5, 0.6) is 0 Å². The van der Waals surface area contributed by atoms with Crippen molar-refractivity contribution in [3.8, 4) is 0 Å². The molecule has 0 unspecified atom stereocenters. The molecule has 5 N–H and O–H groups in total. The summed E-state index contributed by atoms with van der Waals surface area (Å²) in [6, 6.07) is 0. The predicted octanol–water partition coefficient (Wildman–Crippen LogP) is 0.709. The number of halogens is 1. The Kier molecular flexibility index (Phi) is 8.69. The number of aliphatic imine (C=N–C) groups is 1. The SMILES string of the molecule is CC(N)=NC[C@H](C)SC[C@](C)(N)C(=O)O.Cl. The van der Waals surface area contributed by atoms with Crippen molar-refractivity contribution >= 4 is 36.0 Å². The van der Waals surface area contributed by atoms with Gasteiger partial charge in [0, 0.05) is 11.0 Å². The number of carbonyl (C=O) groups is 1. The normalized spacial score (nSPS) is 17.1. The Bertz CT molecular complexity index is 255. The smallest absolute Gasteiger partial charge is 0.324 e. The summed E-state index contributed by atoms with van der Waals surface area (Å²) in [7, 11) is 0. The summed E-state index contributed by atoms with van der Waals surface area (Å²) in [4.78, 5) is 14.8. The van der Waals surface area contributed by atoms with E-state index in [9.17, 15) is 4.79 Å². The molecule has 0 fully saturated rings. The number of rotatable bonds is 6. The topological polar surface area (TPSA) is 102 Å². The van der Waals surface area contributed by atoms with Crippen LogP contribution in [0.4, 0.5) is 0 Å². The second-order valence-electron chi connectivity index (χ2n) is 3.83. The molecule has 0 aliphatic heterocycles. The lowest BCUT2D eigenvalue weighted by Crippen LogP contribution is -2.47. The van der Waals surface area contributed by atoms with Crippen LogP contribution < -0.4 is 11.5 Å². The Hall–Kier alpha value is -0.460. The number of amidine groups is 1. The molecule has 0 aromatic rings. The highest BCUT2D eigenvalue weighted by atomic mass is 35.5. The summed E-state index contributed by atoms with van der Waals surface area (Å²) < 4.78 is 0. The van der Waals surface area contributed by atoms with Crippen LogP contribution in [0.15, 0.2) is 4.99 Å². The van der Waals surface area contributed by atoms with Gasteiger partial charge in [-0.05, 0) is 13.8 Å². The Morgan fingerprint density at radius 2 is 2.12 bits per heavy atom. The molecule has 5 nitrogen and oxygen atoms in total. The van der Waals surface area contributed by atoms with Gasteiger partial charge in [0.1, 0.15) is 5.54 Å². The van der Waals surface area contributed by atoms with Gasteiger partial charge in [0.2, 0.25) is 0 Å². The fraction of sp³-hybridized carbons (Fsp3) is 0.778. The van der Waals surface area contributed by atoms with Gasteiger partial charge >= 0.3 is 5.97 Å². The lowest BCUT2D eigenvalue weighted by molar-refractivity contribution is -0.141. The van der Waals surface area contributed by atoms with E-state index in [1.165, 1.54) is 18.7 Å². The first-order valence-corrected chi connectivity index (χ1v) is 5.71. The molecular formula is C9H20ClN3O2S. The summed E-state index contributed by atoms with van der Waals surface area (Å²) in [6.07, 6.45) is 0. The largest absolute Gasteiger partial charge is 0.480 e. The van der Waals surface area contributed by atoms with Crippen LogP contribution in [-0.4, -0.2) is 40.0 Å². The number of hydrogen-bond acceptors (Lipinski definition) is 4. The van der Waals surface area contributed by atoms with Crippen LogP contribution in [0, 0.1) is 0 Å². The molecule has 16 heavy (non-hydrogen) atoms. The van der Waals surface area contributed by atoms with Gasteiger partial charge in [-0.15, -0.1) is 12.4 Å². The summed E-state index contributed by atoms with van der Waals surface area (Å²) in [5, 5.41) is 9.00. The van der Waals surface area contributed by atoms with E-state index < -0.39 is 11.5 Å². The molecule has 0 saturated heterocycles. The van der Waals surface area contributed by atoms with E-state index in [2.05, 4.69) is 4.99 Å². The van der Waals surface area contributed by atoms with E-state index in [0.29, 0.717) is 18.1 Å². The zero-order valence-corrected chi connectivity index (χ0v) is 11.4. The van der Waals surface area contributed by atoms with Crippen LogP contribution in [0.2, 0.25) is 0 Å². The molecule has 0 saturated carbocycles. The van der Waals surface area contributed by atoms with Crippen LogP contribution in [0.1, 0.15) is 20.8 Å². The van der Waals surface area contributed by atoms with E-state index in [1.54, 1.807) is 6.92 Å². The lowest BCUT2D eigenvalue weighted by Gasteiger charge is -2.20. The first-order chi connectivity index (χ1) is 6.75. The molecule has 0 aromatic heterocycles. The summed E-state index contributed by atoms with van der Waals surface area (Å²) in [5.74, 6) is -0.0836. The minimum atomic E-state index is -1.18. The molecule has 0 aliphatic rings. The maximum absolute atomic E-state index is 10.7. The van der Waals surface area contributed by atoms with E-state index in [1.807, 2.05) is 6.92 Å². The third-order valence-corrected chi connectivity index (χ3v) is 3.24. The molecule has 0 aliphatic carbocycles. The highest BCUT2D eigenvalue weighted by Gasteiger charge is 2.28. The number of thioether (sulfide) groups is 1. The number of aliphatic carboxylic acids is 1. The first kappa shape index (κ1) is 17.9. The average molecular weight is 270 g/mol. The molecule has 7 heteroatoms. The van der Waals surface area contributed by atoms with Crippen molar-refractivity contribution in [2.45, 2.75) is 31.6 Å². The number of carboxylic acid groups (broad SMARTS) is 1. The van der Waals surface area contributed by atoms with Crippen molar-refractivity contribution in [3.63, 3.8) is 0 Å². The van der Waals surface area contributed by atoms with E-state index in [0.717, 1.165) is 0 Å². The van der Waals surface area contributed by atoms with Crippen molar-refractivity contribution in [2.24, 2.45) is 16.5 Å². The lowest BCUT2D eigenvalue weighted by atomic mass is 10.1. The molecule has 0 radical (unpaired) electrons. The molecule has 0 amide bonds. The molecule has 0 heterocycles. The zero-order chi connectivity index (χ0) is 12.1. The van der Waals surface area contributed by atoms with Crippen LogP contribution >= 0.6 is 24.2 Å². The quantitative estimate of drug-likeness (QED) is 0.487. The fourth-order valence-corrected chi connectivity index (χ4v) is 1.64. The molecule has 0 rings (SSSR count). The maximum Gasteiger partial charge on any atom is 0.324 e. The van der Waals surface area contributed by atoms with E-state index in [-0.39, 0.29) is 17.7 Å². The Morgan fingerprint density at radius 3 is 2.50 bits per heavy atom. The van der Waals surface area contributed by atoms with Crippen molar-refractivity contribution in [1.82, 2.24) is 0 Å². The Balaban J connectivity index is 0. The van der Waals surface area contributed by atoms with Gasteiger partial charge in [0.25, 0.3) is 0 Å². The van der Waals surface area contributed by atoms with Crippen LogP contribution in [0.3, 0.4) is 0 Å². The number of carboxylic acids is 1. The van der Waals surface area contributed by atoms with Crippen molar-refractivity contribution in [1.29, 1.82) is 0 Å². The highest BCUT2D eigenvalue weighted by molar-refractivity contribution is 8.00. The molecule has 96 valence electrons. The van der Waals surface area contributed by atoms with Gasteiger partial charge in [-0.2, -0.15) is 11.8 Å². The third kappa shape index (κ3) is 7.78. The number of nitrogens with zero attached hydrogens (tertiary/aromatic N) is 1. The molecule has 0 aromatic carbocycles. The minimum absolute atomic E-state index is 0. The van der Waals surface area contributed by atoms with Gasteiger partial charge in [0.15, 0.2) is 0 Å². The number of nitrogens with two attached hydrogens (primary N) is 2. The van der Waals surface area contributed by atoms with Crippen LogP contribution in [0.25, 0.3) is 0 Å². The fourth-order valence-electron chi connectivity index (χ4n) is 0.702. The second-order valence-corrected chi connectivity index (χ2v) is 5.25. The zero-order valence-electron chi connectivity index (χ0n) is 9.77. The van der Waals surface area contributed by atoms with Crippen molar-refractivity contribution in [2.75, 3.05) is 12.3 Å². The monoisotopic (exact) mass is 269 g/mol. The summed E-state index contributed by atoms with van der Waals surface area (Å²) >= 11 is 1.49. The van der Waals surface area contributed by atoms with Gasteiger partial charge in [0.05, 0.1) is 12.4 Å². The van der Waals surface area contributed by atoms with Gasteiger partial charge in [-0.25, -0.2) is 0 Å². The standard InChI is InChI=1S/C9H19N3O2S.ClH/c1-6(4-12-7(2)10)15-5-9(3,11)8(13)14;/h6H,4-5,11H2,1-3H3,(H2,10,12)(H,13,14);1H/t6-,9-;/m0./s1. The summed E-state index contributed by atoms with van der Waals surface area (Å²) in [5.41, 5.74) is 9.80. The Labute approximate surface area is 106 Å². The molecule has 2 atom stereocenters. The van der Waals surface area contributed by atoms with E-state index in [4.69, 9.17) is 16.6 Å². The maximum atomic E-state index is 10.7. The third-order valence-electron chi connectivity index (χ3n) is 1.75. The molecule has 0 bridgehead atoms. The van der Waals surface area contributed by atoms with Crippen molar-refractivity contribution < 1.29 is 9.90 Å².